The Bertz CT molecular complexity index is 1090. The summed E-state index contributed by atoms with van der Waals surface area (Å²) in [6, 6.07) is 10.8. The third kappa shape index (κ3) is 5.57. The third-order valence-corrected chi connectivity index (χ3v) is 6.09. The fourth-order valence-electron chi connectivity index (χ4n) is 2.51. The molecule has 6 nitrogen and oxygen atoms in total. The van der Waals surface area contributed by atoms with Crippen LogP contribution in [0.1, 0.15) is 17.3 Å². The molecule has 10 heteroatoms. The van der Waals surface area contributed by atoms with E-state index >= 15 is 0 Å². The van der Waals surface area contributed by atoms with E-state index in [0.717, 1.165) is 21.5 Å². The van der Waals surface area contributed by atoms with Crippen LogP contribution < -0.4 is 20.1 Å². The quantitative estimate of drug-likeness (QED) is 0.361. The molecule has 0 unspecified atom stereocenters. The second-order valence-corrected chi connectivity index (χ2v) is 8.85. The van der Waals surface area contributed by atoms with E-state index in [1.54, 1.807) is 25.3 Å². The van der Waals surface area contributed by atoms with Crippen LogP contribution in [0.4, 0.5) is 5.13 Å². The summed E-state index contributed by atoms with van der Waals surface area (Å²) in [5, 5.41) is 8.26. The molecular weight excluding hydrogens is 554 g/mol. The number of hydrogen-bond donors (Lipinski definition) is 2. The van der Waals surface area contributed by atoms with Gasteiger partial charge in [0.2, 0.25) is 0 Å². The Kier molecular flexibility index (Phi) is 7.81. The van der Waals surface area contributed by atoms with Crippen LogP contribution in [-0.4, -0.2) is 29.7 Å². The van der Waals surface area contributed by atoms with Crippen molar-refractivity contribution in [2.45, 2.75) is 6.92 Å². The number of thiazole rings is 1. The molecule has 0 aliphatic rings. The van der Waals surface area contributed by atoms with Gasteiger partial charge in [-0.15, -0.1) is 11.3 Å². The lowest BCUT2D eigenvalue weighted by atomic mass is 10.2. The number of amides is 1. The molecule has 0 fully saturated rings. The molecule has 0 bridgehead atoms. The van der Waals surface area contributed by atoms with Crippen molar-refractivity contribution in [3.63, 3.8) is 0 Å². The van der Waals surface area contributed by atoms with E-state index in [0.29, 0.717) is 27.5 Å². The number of carbonyl (C=O) groups excluding carboxylic acids is 1. The minimum absolute atomic E-state index is 0.168. The van der Waals surface area contributed by atoms with Crippen molar-refractivity contribution < 1.29 is 14.3 Å². The molecule has 0 saturated heterocycles. The average Bonchev–Trinajstić information content (AvgIpc) is 3.17. The van der Waals surface area contributed by atoms with E-state index in [1.165, 1.54) is 11.3 Å². The van der Waals surface area contributed by atoms with Gasteiger partial charge in [-0.3, -0.25) is 10.1 Å². The van der Waals surface area contributed by atoms with Crippen molar-refractivity contribution in [1.82, 2.24) is 10.3 Å². The van der Waals surface area contributed by atoms with Crippen LogP contribution in [0.25, 0.3) is 11.3 Å². The predicted octanol–water partition coefficient (Wildman–Crippen LogP) is 5.87. The maximum atomic E-state index is 12.5. The molecule has 1 heterocycles. The Morgan fingerprint density at radius 1 is 1.17 bits per heavy atom. The molecule has 156 valence electrons. The zero-order valence-corrected chi connectivity index (χ0v) is 20.8. The fraction of sp³-hybridized carbons (Fsp3) is 0.150. The number of ether oxygens (including phenoxy) is 2. The summed E-state index contributed by atoms with van der Waals surface area (Å²) < 4.78 is 12.2. The van der Waals surface area contributed by atoms with Crippen LogP contribution >= 0.6 is 55.4 Å². The van der Waals surface area contributed by atoms with E-state index in [9.17, 15) is 4.79 Å². The molecule has 3 rings (SSSR count). The first-order valence-corrected chi connectivity index (χ1v) is 11.6. The Morgan fingerprint density at radius 3 is 2.57 bits per heavy atom. The van der Waals surface area contributed by atoms with Crippen molar-refractivity contribution in [3.8, 4) is 22.8 Å². The fourth-order valence-corrected chi connectivity index (χ4v) is 4.52. The van der Waals surface area contributed by atoms with Crippen LogP contribution in [0.3, 0.4) is 0 Å². The van der Waals surface area contributed by atoms with Crippen molar-refractivity contribution in [3.05, 3.63) is 56.3 Å². The van der Waals surface area contributed by atoms with Crippen molar-refractivity contribution in [2.24, 2.45) is 0 Å². The molecule has 0 saturated carbocycles. The number of anilines is 1. The predicted molar refractivity (Wildman–Crippen MR) is 131 cm³/mol. The van der Waals surface area contributed by atoms with E-state index in [1.807, 2.05) is 30.5 Å². The molecule has 30 heavy (non-hydrogen) atoms. The normalized spacial score (nSPS) is 10.4. The van der Waals surface area contributed by atoms with Gasteiger partial charge in [0.25, 0.3) is 5.91 Å². The van der Waals surface area contributed by atoms with Gasteiger partial charge in [0.15, 0.2) is 10.2 Å². The number of nitrogens with zero attached hydrogens (tertiary/aromatic N) is 1. The summed E-state index contributed by atoms with van der Waals surface area (Å²) in [6.07, 6.45) is 0. The second-order valence-electron chi connectivity index (χ2n) is 5.87. The van der Waals surface area contributed by atoms with Crippen LogP contribution in [-0.2, 0) is 0 Å². The number of halogens is 2. The average molecular weight is 571 g/mol. The van der Waals surface area contributed by atoms with Gasteiger partial charge in [-0.05, 0) is 87.4 Å². The van der Waals surface area contributed by atoms with E-state index < -0.39 is 0 Å². The van der Waals surface area contributed by atoms with Gasteiger partial charge in [-0.1, -0.05) is 0 Å². The number of carbonyl (C=O) groups is 1. The molecule has 2 N–H and O–H groups in total. The molecule has 0 radical (unpaired) electrons. The smallest absolute Gasteiger partial charge is 0.257 e. The molecule has 3 aromatic rings. The minimum Gasteiger partial charge on any atom is -0.496 e. The first kappa shape index (κ1) is 22.7. The maximum Gasteiger partial charge on any atom is 0.257 e. The first-order chi connectivity index (χ1) is 14.4. The van der Waals surface area contributed by atoms with Gasteiger partial charge in [-0.2, -0.15) is 0 Å². The van der Waals surface area contributed by atoms with Gasteiger partial charge >= 0.3 is 0 Å². The Labute approximate surface area is 200 Å². The monoisotopic (exact) mass is 569 g/mol. The molecule has 0 spiro atoms. The topological polar surface area (TPSA) is 72.5 Å². The zero-order chi connectivity index (χ0) is 21.7. The number of rotatable bonds is 6. The molecule has 2 aromatic carbocycles. The highest BCUT2D eigenvalue weighted by Gasteiger charge is 2.13. The third-order valence-electron chi connectivity index (χ3n) is 3.89. The Balaban J connectivity index is 1.63. The van der Waals surface area contributed by atoms with Crippen molar-refractivity contribution in [1.29, 1.82) is 0 Å². The highest BCUT2D eigenvalue weighted by molar-refractivity contribution is 9.10. The number of thiocarbonyl (C=S) groups is 1. The Morgan fingerprint density at radius 2 is 1.90 bits per heavy atom. The molecule has 0 aliphatic heterocycles. The van der Waals surface area contributed by atoms with Crippen LogP contribution in [0.15, 0.2) is 50.7 Å². The highest BCUT2D eigenvalue weighted by atomic mass is 79.9. The van der Waals surface area contributed by atoms with Gasteiger partial charge in [0.05, 0.1) is 28.4 Å². The summed E-state index contributed by atoms with van der Waals surface area (Å²) >= 11 is 13.5. The summed E-state index contributed by atoms with van der Waals surface area (Å²) in [6.45, 7) is 2.44. The van der Waals surface area contributed by atoms with Gasteiger partial charge in [0.1, 0.15) is 11.5 Å². The number of aromatic nitrogens is 1. The summed E-state index contributed by atoms with van der Waals surface area (Å²) in [7, 11) is 1.62. The number of benzene rings is 2. The molecule has 1 amide bonds. The van der Waals surface area contributed by atoms with Crippen LogP contribution in [0.5, 0.6) is 11.5 Å². The lowest BCUT2D eigenvalue weighted by Crippen LogP contribution is -2.34. The lowest BCUT2D eigenvalue weighted by molar-refractivity contribution is 0.0977. The van der Waals surface area contributed by atoms with Crippen LogP contribution in [0, 0.1) is 0 Å². The molecule has 1 aromatic heterocycles. The van der Waals surface area contributed by atoms with Crippen molar-refractivity contribution >= 4 is 71.6 Å². The number of methoxy groups -OCH3 is 1. The molecular formula is C20H17Br2N3O3S2. The van der Waals surface area contributed by atoms with Gasteiger partial charge in [-0.25, -0.2) is 4.98 Å². The number of hydrogen-bond acceptors (Lipinski definition) is 6. The maximum absolute atomic E-state index is 12.5. The summed E-state index contributed by atoms with van der Waals surface area (Å²) in [4.78, 5) is 17.0. The standard InChI is InChI=1S/C20H17Br2N3O3S2/c1-3-28-17-7-5-12(9-14(17)22)18(26)24-19(29)25-20-23-15(10-30-20)11-4-6-16(27-2)13(21)8-11/h4-10H,3H2,1-2H3,(H2,23,24,25,26,29). The summed E-state index contributed by atoms with van der Waals surface area (Å²) in [5.74, 6) is 1.10. The van der Waals surface area contributed by atoms with Gasteiger partial charge < -0.3 is 14.8 Å². The van der Waals surface area contributed by atoms with E-state index in [2.05, 4.69) is 47.5 Å². The van der Waals surface area contributed by atoms with Gasteiger partial charge in [0, 0.05) is 16.5 Å². The zero-order valence-electron chi connectivity index (χ0n) is 16.0. The second kappa shape index (κ2) is 10.3. The molecule has 0 atom stereocenters. The van der Waals surface area contributed by atoms with E-state index in [-0.39, 0.29) is 11.0 Å². The molecule has 0 aliphatic carbocycles. The summed E-state index contributed by atoms with van der Waals surface area (Å²) in [5.41, 5.74) is 2.17. The first-order valence-electron chi connectivity index (χ1n) is 8.75. The Hall–Kier alpha value is -2.01. The van der Waals surface area contributed by atoms with Crippen molar-refractivity contribution in [2.75, 3.05) is 19.0 Å². The SMILES string of the molecule is CCOc1ccc(C(=O)NC(=S)Nc2nc(-c3ccc(OC)c(Br)c3)cs2)cc1Br. The lowest BCUT2D eigenvalue weighted by Gasteiger charge is -2.09. The largest absolute Gasteiger partial charge is 0.496 e. The number of nitrogens with one attached hydrogen (secondary N) is 2. The van der Waals surface area contributed by atoms with E-state index in [4.69, 9.17) is 21.7 Å². The highest BCUT2D eigenvalue weighted by Crippen LogP contribution is 2.32. The van der Waals surface area contributed by atoms with Crippen LogP contribution in [0.2, 0.25) is 0 Å². The minimum atomic E-state index is -0.327.